The molecule has 2 unspecified atom stereocenters. The minimum absolute atomic E-state index is 0. The number of hydrogen-bond acceptors (Lipinski definition) is 5. The molecule has 0 aliphatic carbocycles. The monoisotopic (exact) mass is 482 g/mol. The Hall–Kier alpha value is 3.39. The van der Waals surface area contributed by atoms with E-state index in [-0.39, 0.29) is 154 Å². The number of rotatable bonds is 6. The van der Waals surface area contributed by atoms with E-state index in [9.17, 15) is 23.8 Å². The zero-order chi connectivity index (χ0) is 17.8. The molecule has 128 valence electrons. The molecule has 2 aromatic carbocycles. The predicted octanol–water partition coefficient (Wildman–Crippen LogP) is -7.45. The van der Waals surface area contributed by atoms with Crippen LogP contribution in [-0.4, -0.2) is 10.3 Å². The normalized spacial score (nSPS) is 14.2. The van der Waals surface area contributed by atoms with E-state index >= 15 is 0 Å². The summed E-state index contributed by atoms with van der Waals surface area (Å²) in [6.07, 6.45) is 2.18. The molecule has 2 rings (SSSR count). The Morgan fingerprint density at radius 2 is 1.41 bits per heavy atom. The van der Waals surface area contributed by atoms with Crippen molar-refractivity contribution in [3.63, 3.8) is 0 Å². The topological polar surface area (TPSA) is 124 Å². The first-order chi connectivity index (χ1) is 11.2. The Balaban J connectivity index is 0. The molecule has 27 heavy (non-hydrogen) atoms. The van der Waals surface area contributed by atoms with Crippen LogP contribution in [0.1, 0.15) is 12.0 Å². The molecule has 0 aromatic heterocycles. The van der Waals surface area contributed by atoms with Crippen molar-refractivity contribution >= 4 is 21.3 Å². The van der Waals surface area contributed by atoms with Crippen molar-refractivity contribution < 1.29 is 183 Å². The van der Waals surface area contributed by atoms with Crippen LogP contribution in [0, 0.1) is 0 Å². The SMILES string of the molecule is O=P([O-])([O-])C(C/C=C/c1ccccc1-c1ccccc1)P(=O)([O-])O.[K+].[K+].[K+]. The summed E-state index contributed by atoms with van der Waals surface area (Å²) in [7, 11) is -10.7. The first kappa shape index (κ1) is 32.6. The van der Waals surface area contributed by atoms with Gasteiger partial charge in [0, 0.05) is 0 Å². The summed E-state index contributed by atoms with van der Waals surface area (Å²) < 4.78 is 22.1. The second-order valence-corrected chi connectivity index (χ2v) is 9.04. The smallest absolute Gasteiger partial charge is 0.810 e. The van der Waals surface area contributed by atoms with E-state index in [1.165, 1.54) is 12.2 Å². The molecule has 0 spiro atoms. The van der Waals surface area contributed by atoms with Gasteiger partial charge >= 0.3 is 154 Å². The van der Waals surface area contributed by atoms with E-state index < -0.39 is 27.0 Å². The number of hydrogen-bond donors (Lipinski definition) is 1. The molecule has 2 aromatic rings. The van der Waals surface area contributed by atoms with Gasteiger partial charge in [0.25, 0.3) is 0 Å². The van der Waals surface area contributed by atoms with Crippen molar-refractivity contribution in [1.82, 2.24) is 0 Å². The van der Waals surface area contributed by atoms with Crippen LogP contribution in [0.3, 0.4) is 0 Å². The zero-order valence-electron chi connectivity index (χ0n) is 15.5. The molecule has 0 saturated carbocycles. The van der Waals surface area contributed by atoms with Gasteiger partial charge in [-0.05, 0) is 23.1 Å². The quantitative estimate of drug-likeness (QED) is 0.322. The van der Waals surface area contributed by atoms with Crippen LogP contribution in [0.25, 0.3) is 17.2 Å². The molecular formula is C16H15K3O6P2. The summed E-state index contributed by atoms with van der Waals surface area (Å²) in [4.78, 5) is 42.1. The summed E-state index contributed by atoms with van der Waals surface area (Å²) in [5.74, 6) is 0. The Labute approximate surface area is 286 Å². The Morgan fingerprint density at radius 3 is 1.93 bits per heavy atom. The van der Waals surface area contributed by atoms with E-state index in [0.717, 1.165) is 16.7 Å². The molecule has 0 amide bonds. The van der Waals surface area contributed by atoms with Gasteiger partial charge in [0.15, 0.2) is 0 Å². The van der Waals surface area contributed by atoms with Gasteiger partial charge in [0.05, 0.1) is 5.40 Å². The van der Waals surface area contributed by atoms with Gasteiger partial charge in [-0.15, -0.1) is 0 Å². The van der Waals surface area contributed by atoms with Gasteiger partial charge in [-0.25, -0.2) is 0 Å². The predicted molar refractivity (Wildman–Crippen MR) is 86.7 cm³/mol. The second kappa shape index (κ2) is 15.3. The molecule has 0 aliphatic rings. The van der Waals surface area contributed by atoms with Gasteiger partial charge in [-0.1, -0.05) is 74.3 Å². The molecule has 11 heteroatoms. The summed E-state index contributed by atoms with van der Waals surface area (Å²) in [5.41, 5.74) is 2.53. The Kier molecular flexibility index (Phi) is 18.4. The van der Waals surface area contributed by atoms with Crippen molar-refractivity contribution in [3.05, 3.63) is 66.2 Å². The summed E-state index contributed by atoms with van der Waals surface area (Å²) in [6, 6.07) is 16.7. The van der Waals surface area contributed by atoms with Crippen molar-refractivity contribution in [2.75, 3.05) is 0 Å². The Bertz CT molecular complexity index is 798. The van der Waals surface area contributed by atoms with E-state index in [1.54, 1.807) is 12.1 Å². The van der Waals surface area contributed by atoms with Crippen LogP contribution in [0.2, 0.25) is 0 Å². The van der Waals surface area contributed by atoms with Crippen LogP contribution in [-0.2, 0) is 9.13 Å². The van der Waals surface area contributed by atoms with Crippen LogP contribution >= 0.6 is 15.2 Å². The standard InChI is InChI=1S/C16H18O6P2.3K/c17-23(18,19)16(24(20,21)22)12-6-10-14-9-4-5-11-15(14)13-7-2-1-3-8-13;;;/h1-11,16H,12H2,(H2,17,18,19)(H2,20,21,22);;;/q;3*+1/p-3/b10-6+;;;. The van der Waals surface area contributed by atoms with Gasteiger partial charge in [0.2, 0.25) is 0 Å². The molecule has 6 nitrogen and oxygen atoms in total. The van der Waals surface area contributed by atoms with Gasteiger partial charge < -0.3 is 28.7 Å². The summed E-state index contributed by atoms with van der Waals surface area (Å²) >= 11 is 0. The van der Waals surface area contributed by atoms with Crippen molar-refractivity contribution in [3.8, 4) is 11.1 Å². The van der Waals surface area contributed by atoms with E-state index in [1.807, 2.05) is 42.5 Å². The molecule has 0 fully saturated rings. The average molecular weight is 483 g/mol. The zero-order valence-corrected chi connectivity index (χ0v) is 26.7. The maximum Gasteiger partial charge on any atom is 1.00 e. The van der Waals surface area contributed by atoms with Crippen molar-refractivity contribution in [2.45, 2.75) is 11.8 Å². The van der Waals surface area contributed by atoms with Crippen molar-refractivity contribution in [1.29, 1.82) is 0 Å². The van der Waals surface area contributed by atoms with Crippen LogP contribution in [0.5, 0.6) is 0 Å². The van der Waals surface area contributed by atoms with Gasteiger partial charge in [-0.2, -0.15) is 0 Å². The first-order valence-corrected chi connectivity index (χ1v) is 10.3. The fourth-order valence-corrected chi connectivity index (χ4v) is 4.48. The number of benzene rings is 2. The summed E-state index contributed by atoms with van der Waals surface area (Å²) in [5, 5.41) is -2.36. The second-order valence-electron chi connectivity index (χ2n) is 5.18. The molecule has 1 N–H and O–H groups in total. The number of allylic oxidation sites excluding steroid dienone is 1. The third-order valence-corrected chi connectivity index (χ3v) is 7.06. The fourth-order valence-electron chi connectivity index (χ4n) is 2.28. The van der Waals surface area contributed by atoms with Gasteiger partial charge in [-0.3, -0.25) is 0 Å². The molecule has 0 heterocycles. The third-order valence-electron chi connectivity index (χ3n) is 3.43. The largest absolute Gasteiger partial charge is 1.00 e. The molecular weight excluding hydrogens is 467 g/mol. The maximum absolute atomic E-state index is 11.1. The first-order valence-electron chi connectivity index (χ1n) is 7.06. The third kappa shape index (κ3) is 11.2. The molecule has 0 bridgehead atoms. The average Bonchev–Trinajstić information content (AvgIpc) is 2.50. The van der Waals surface area contributed by atoms with E-state index in [4.69, 9.17) is 4.89 Å². The van der Waals surface area contributed by atoms with Crippen molar-refractivity contribution in [2.24, 2.45) is 0 Å². The van der Waals surface area contributed by atoms with E-state index in [2.05, 4.69) is 0 Å². The minimum atomic E-state index is -5.47. The van der Waals surface area contributed by atoms with Gasteiger partial charge in [0.1, 0.15) is 7.60 Å². The van der Waals surface area contributed by atoms with Crippen LogP contribution in [0.15, 0.2) is 60.7 Å². The minimum Gasteiger partial charge on any atom is -0.810 e. The van der Waals surface area contributed by atoms with E-state index in [0.29, 0.717) is 0 Å². The molecule has 0 radical (unpaired) electrons. The molecule has 0 saturated heterocycles. The summed E-state index contributed by atoms with van der Waals surface area (Å²) in [6.45, 7) is 0. The molecule has 2 atom stereocenters. The van der Waals surface area contributed by atoms with Crippen LogP contribution < -0.4 is 169 Å². The maximum atomic E-state index is 11.1. The fraction of sp³-hybridized carbons (Fsp3) is 0.125. The van der Waals surface area contributed by atoms with Crippen LogP contribution in [0.4, 0.5) is 0 Å². The Morgan fingerprint density at radius 1 is 0.889 bits per heavy atom. The molecule has 0 aliphatic heterocycles.